The zero-order valence-electron chi connectivity index (χ0n) is 10.5. The lowest BCUT2D eigenvalue weighted by Crippen LogP contribution is -2.44. The number of fused-ring (bicyclic) bond motifs is 1. The first-order valence-corrected chi connectivity index (χ1v) is 6.40. The molecular weight excluding hydrogens is 254 g/mol. The third-order valence-electron chi connectivity index (χ3n) is 4.03. The van der Waals surface area contributed by atoms with Gasteiger partial charge < -0.3 is 16.4 Å². The first-order valence-electron chi connectivity index (χ1n) is 6.40. The molecule has 6 heteroatoms. The average molecular weight is 276 g/mol. The molecule has 18 heavy (non-hydrogen) atoms. The van der Waals surface area contributed by atoms with Crippen LogP contribution in [0.3, 0.4) is 0 Å². The number of amides is 2. The summed E-state index contributed by atoms with van der Waals surface area (Å²) in [5.41, 5.74) is 10.8. The molecule has 1 saturated carbocycles. The first kappa shape index (κ1) is 15.2. The van der Waals surface area contributed by atoms with E-state index in [1.807, 2.05) is 4.90 Å². The highest BCUT2D eigenvalue weighted by Gasteiger charge is 2.37. The van der Waals surface area contributed by atoms with E-state index in [1.54, 1.807) is 0 Å². The fraction of sp³-hybridized carbons (Fsp3) is 0.833. The number of nitrogens with two attached hydrogens (primary N) is 2. The van der Waals surface area contributed by atoms with Crippen molar-refractivity contribution in [2.45, 2.75) is 38.1 Å². The Bertz CT molecular complexity index is 310. The van der Waals surface area contributed by atoms with Gasteiger partial charge in [-0.2, -0.15) is 0 Å². The molecule has 3 unspecified atom stereocenters. The molecule has 0 aromatic rings. The number of primary amides is 1. The van der Waals surface area contributed by atoms with E-state index >= 15 is 0 Å². The van der Waals surface area contributed by atoms with Crippen LogP contribution >= 0.6 is 12.4 Å². The van der Waals surface area contributed by atoms with Gasteiger partial charge in [-0.1, -0.05) is 12.8 Å². The molecule has 1 heterocycles. The van der Waals surface area contributed by atoms with E-state index in [0.717, 1.165) is 13.1 Å². The second-order valence-electron chi connectivity index (χ2n) is 5.32. The van der Waals surface area contributed by atoms with Crippen molar-refractivity contribution in [1.29, 1.82) is 0 Å². The first-order chi connectivity index (χ1) is 8.08. The number of hydrogen-bond acceptors (Lipinski definition) is 3. The Hall–Kier alpha value is -0.810. The van der Waals surface area contributed by atoms with Gasteiger partial charge in [-0.3, -0.25) is 9.59 Å². The van der Waals surface area contributed by atoms with E-state index in [9.17, 15) is 9.59 Å². The Morgan fingerprint density at radius 3 is 2.11 bits per heavy atom. The van der Waals surface area contributed by atoms with Crippen molar-refractivity contribution < 1.29 is 9.59 Å². The minimum atomic E-state index is -0.757. The van der Waals surface area contributed by atoms with Gasteiger partial charge in [0.25, 0.3) is 0 Å². The second-order valence-corrected chi connectivity index (χ2v) is 5.32. The largest absolute Gasteiger partial charge is 0.370 e. The van der Waals surface area contributed by atoms with Crippen LogP contribution in [-0.2, 0) is 9.59 Å². The average Bonchev–Trinajstić information content (AvgIpc) is 2.70. The van der Waals surface area contributed by atoms with Gasteiger partial charge in [0.2, 0.25) is 11.8 Å². The number of carbonyl (C=O) groups excluding carboxylic acids is 2. The fourth-order valence-corrected chi connectivity index (χ4v) is 3.12. The summed E-state index contributed by atoms with van der Waals surface area (Å²) >= 11 is 0. The summed E-state index contributed by atoms with van der Waals surface area (Å²) in [6.07, 6.45) is 4.94. The second kappa shape index (κ2) is 6.38. The SMILES string of the molecule is Cl.NC(=O)CC(N)C(=O)N1CC2CCCCC2C1. The van der Waals surface area contributed by atoms with E-state index in [-0.39, 0.29) is 24.7 Å². The maximum Gasteiger partial charge on any atom is 0.240 e. The highest BCUT2D eigenvalue weighted by atomic mass is 35.5. The van der Waals surface area contributed by atoms with Crippen molar-refractivity contribution in [3.8, 4) is 0 Å². The number of rotatable bonds is 3. The number of likely N-dealkylation sites (tertiary alicyclic amines) is 1. The molecule has 0 aromatic heterocycles. The van der Waals surface area contributed by atoms with Gasteiger partial charge >= 0.3 is 0 Å². The zero-order chi connectivity index (χ0) is 12.4. The quantitative estimate of drug-likeness (QED) is 0.774. The van der Waals surface area contributed by atoms with Crippen LogP contribution in [0.4, 0.5) is 0 Å². The number of hydrogen-bond donors (Lipinski definition) is 2. The van der Waals surface area contributed by atoms with Gasteiger partial charge in [0.15, 0.2) is 0 Å². The summed E-state index contributed by atoms with van der Waals surface area (Å²) < 4.78 is 0. The van der Waals surface area contributed by atoms with Crippen LogP contribution in [0.1, 0.15) is 32.1 Å². The van der Waals surface area contributed by atoms with Crippen LogP contribution in [0, 0.1) is 11.8 Å². The van der Waals surface area contributed by atoms with Crippen LogP contribution in [-0.4, -0.2) is 35.8 Å². The molecule has 2 amide bonds. The maximum absolute atomic E-state index is 12.0. The monoisotopic (exact) mass is 275 g/mol. The van der Waals surface area contributed by atoms with Crippen molar-refractivity contribution >= 4 is 24.2 Å². The Kier molecular flexibility index (Phi) is 5.41. The minimum Gasteiger partial charge on any atom is -0.370 e. The lowest BCUT2D eigenvalue weighted by Gasteiger charge is -2.22. The molecule has 2 fully saturated rings. The summed E-state index contributed by atoms with van der Waals surface area (Å²) in [5, 5.41) is 0. The van der Waals surface area contributed by atoms with Crippen molar-refractivity contribution in [2.24, 2.45) is 23.3 Å². The van der Waals surface area contributed by atoms with Gasteiger partial charge in [0, 0.05) is 13.1 Å². The molecule has 2 aliphatic rings. The van der Waals surface area contributed by atoms with Crippen molar-refractivity contribution in [1.82, 2.24) is 4.90 Å². The maximum atomic E-state index is 12.0. The van der Waals surface area contributed by atoms with Crippen LogP contribution in [0.5, 0.6) is 0 Å². The van der Waals surface area contributed by atoms with E-state index < -0.39 is 11.9 Å². The molecule has 0 aromatic carbocycles. The molecule has 0 bridgehead atoms. The van der Waals surface area contributed by atoms with Gasteiger partial charge in [-0.25, -0.2) is 0 Å². The summed E-state index contributed by atoms with van der Waals surface area (Å²) in [5.74, 6) is 0.669. The van der Waals surface area contributed by atoms with Crippen LogP contribution in [0.25, 0.3) is 0 Å². The Morgan fingerprint density at radius 1 is 1.17 bits per heavy atom. The molecule has 1 aliphatic heterocycles. The summed E-state index contributed by atoms with van der Waals surface area (Å²) in [7, 11) is 0. The smallest absolute Gasteiger partial charge is 0.240 e. The highest BCUT2D eigenvalue weighted by molar-refractivity contribution is 5.87. The molecule has 1 saturated heterocycles. The standard InChI is InChI=1S/C12H21N3O2.ClH/c13-10(5-11(14)16)12(17)15-6-8-3-1-2-4-9(8)7-15;/h8-10H,1-7,13H2,(H2,14,16);1H. The van der Waals surface area contributed by atoms with Crippen molar-refractivity contribution in [3.05, 3.63) is 0 Å². The van der Waals surface area contributed by atoms with Gasteiger partial charge in [-0.15, -0.1) is 12.4 Å². The van der Waals surface area contributed by atoms with Crippen molar-refractivity contribution in [2.75, 3.05) is 13.1 Å². The topological polar surface area (TPSA) is 89.4 Å². The van der Waals surface area contributed by atoms with Crippen LogP contribution in [0.2, 0.25) is 0 Å². The lowest BCUT2D eigenvalue weighted by atomic mass is 9.82. The molecule has 0 spiro atoms. The minimum absolute atomic E-state index is 0. The number of halogens is 1. The molecule has 4 N–H and O–H groups in total. The summed E-state index contributed by atoms with van der Waals surface area (Å²) in [6.45, 7) is 1.63. The third-order valence-corrected chi connectivity index (χ3v) is 4.03. The molecule has 5 nitrogen and oxygen atoms in total. The van der Waals surface area contributed by atoms with E-state index in [4.69, 9.17) is 11.5 Å². The van der Waals surface area contributed by atoms with Gasteiger partial charge in [0.1, 0.15) is 0 Å². The number of nitrogens with zero attached hydrogens (tertiary/aromatic N) is 1. The highest BCUT2D eigenvalue weighted by Crippen LogP contribution is 2.36. The van der Waals surface area contributed by atoms with Crippen LogP contribution < -0.4 is 11.5 Å². The van der Waals surface area contributed by atoms with E-state index in [0.29, 0.717) is 11.8 Å². The fourth-order valence-electron chi connectivity index (χ4n) is 3.12. The van der Waals surface area contributed by atoms with Gasteiger partial charge in [-0.05, 0) is 24.7 Å². The molecule has 0 radical (unpaired) electrons. The molecular formula is C12H22ClN3O2. The predicted molar refractivity (Wildman–Crippen MR) is 71.1 cm³/mol. The molecule has 104 valence electrons. The van der Waals surface area contributed by atoms with Crippen LogP contribution in [0.15, 0.2) is 0 Å². The summed E-state index contributed by atoms with van der Waals surface area (Å²) in [6, 6.07) is -0.757. The third kappa shape index (κ3) is 3.36. The lowest BCUT2D eigenvalue weighted by molar-refractivity contribution is -0.133. The van der Waals surface area contributed by atoms with Gasteiger partial charge in [0.05, 0.1) is 12.5 Å². The normalized spacial score (nSPS) is 28.2. The molecule has 2 rings (SSSR count). The van der Waals surface area contributed by atoms with E-state index in [1.165, 1.54) is 25.7 Å². The zero-order valence-corrected chi connectivity index (χ0v) is 11.3. The Labute approximate surface area is 114 Å². The summed E-state index contributed by atoms with van der Waals surface area (Å²) in [4.78, 5) is 24.6. The number of carbonyl (C=O) groups is 2. The molecule has 1 aliphatic carbocycles. The Balaban J connectivity index is 0.00000162. The van der Waals surface area contributed by atoms with E-state index in [2.05, 4.69) is 0 Å². The predicted octanol–water partition coefficient (Wildman–Crippen LogP) is 0.259. The Morgan fingerprint density at radius 2 is 1.67 bits per heavy atom. The molecule has 3 atom stereocenters. The van der Waals surface area contributed by atoms with Crippen molar-refractivity contribution in [3.63, 3.8) is 0 Å².